The summed E-state index contributed by atoms with van der Waals surface area (Å²) in [5, 5.41) is 14.9. The van der Waals surface area contributed by atoms with Gasteiger partial charge in [0.15, 0.2) is 0 Å². The molecular formula is C18H21N3O3. The highest BCUT2D eigenvalue weighted by atomic mass is 16.6. The van der Waals surface area contributed by atoms with Gasteiger partial charge < -0.3 is 4.74 Å². The molecule has 0 aromatic heterocycles. The van der Waals surface area contributed by atoms with Crippen molar-refractivity contribution in [2.75, 3.05) is 12.0 Å². The summed E-state index contributed by atoms with van der Waals surface area (Å²) >= 11 is 0. The maximum Gasteiger partial charge on any atom is 0.271 e. The molecule has 0 spiro atoms. The van der Waals surface area contributed by atoms with Crippen LogP contribution in [0.2, 0.25) is 0 Å². The number of nitro groups is 1. The molecule has 0 aliphatic carbocycles. The topological polar surface area (TPSA) is 76.8 Å². The summed E-state index contributed by atoms with van der Waals surface area (Å²) in [5.74, 6) is 0.776. The fourth-order valence-corrected chi connectivity index (χ4v) is 2.12. The van der Waals surface area contributed by atoms with Gasteiger partial charge in [-0.05, 0) is 24.6 Å². The fourth-order valence-electron chi connectivity index (χ4n) is 2.12. The van der Waals surface area contributed by atoms with Gasteiger partial charge in [-0.1, -0.05) is 38.0 Å². The number of anilines is 1. The van der Waals surface area contributed by atoms with E-state index in [2.05, 4.69) is 17.5 Å². The quantitative estimate of drug-likeness (QED) is 0.316. The first-order valence-corrected chi connectivity index (χ1v) is 7.96. The third-order valence-corrected chi connectivity index (χ3v) is 3.38. The first-order valence-electron chi connectivity index (χ1n) is 7.96. The molecule has 2 rings (SSSR count). The maximum absolute atomic E-state index is 10.8. The molecule has 1 N–H and O–H groups in total. The lowest BCUT2D eigenvalue weighted by Crippen LogP contribution is -2.00. The van der Waals surface area contributed by atoms with E-state index < -0.39 is 4.92 Å². The maximum atomic E-state index is 10.8. The highest BCUT2D eigenvalue weighted by Crippen LogP contribution is 2.18. The molecule has 0 amide bonds. The summed E-state index contributed by atoms with van der Waals surface area (Å²) in [5.41, 5.74) is 4.24. The predicted octanol–water partition coefficient (Wildman–Crippen LogP) is 4.61. The van der Waals surface area contributed by atoms with Gasteiger partial charge in [-0.15, -0.1) is 0 Å². The van der Waals surface area contributed by atoms with Gasteiger partial charge in [-0.2, -0.15) is 5.10 Å². The molecule has 0 aliphatic heterocycles. The number of non-ortho nitro benzene ring substituents is 1. The number of nitrogens with zero attached hydrogens (tertiary/aromatic N) is 2. The number of benzene rings is 2. The number of nitrogens with one attached hydrogen (secondary N) is 1. The van der Waals surface area contributed by atoms with Gasteiger partial charge in [0, 0.05) is 17.7 Å². The largest absolute Gasteiger partial charge is 0.493 e. The van der Waals surface area contributed by atoms with E-state index in [1.54, 1.807) is 18.3 Å². The zero-order valence-corrected chi connectivity index (χ0v) is 13.6. The predicted molar refractivity (Wildman–Crippen MR) is 95.8 cm³/mol. The number of rotatable bonds is 9. The minimum atomic E-state index is -0.436. The monoisotopic (exact) mass is 327 g/mol. The van der Waals surface area contributed by atoms with Crippen LogP contribution in [0.25, 0.3) is 0 Å². The number of ether oxygens (including phenoxy) is 1. The molecule has 6 heteroatoms. The minimum Gasteiger partial charge on any atom is -0.493 e. The first-order chi connectivity index (χ1) is 11.7. The molecule has 0 radical (unpaired) electrons. The smallest absolute Gasteiger partial charge is 0.271 e. The van der Waals surface area contributed by atoms with Gasteiger partial charge in [-0.3, -0.25) is 15.5 Å². The Hall–Kier alpha value is -2.89. The van der Waals surface area contributed by atoms with E-state index in [1.165, 1.54) is 12.1 Å². The van der Waals surface area contributed by atoms with E-state index in [4.69, 9.17) is 4.74 Å². The van der Waals surface area contributed by atoms with Gasteiger partial charge in [0.05, 0.1) is 23.4 Å². The van der Waals surface area contributed by atoms with Crippen LogP contribution in [0, 0.1) is 10.1 Å². The van der Waals surface area contributed by atoms with Crippen molar-refractivity contribution in [3.8, 4) is 5.75 Å². The summed E-state index contributed by atoms with van der Waals surface area (Å²) < 4.78 is 5.78. The highest BCUT2D eigenvalue weighted by molar-refractivity contribution is 5.84. The van der Waals surface area contributed by atoms with Crippen molar-refractivity contribution in [2.24, 2.45) is 5.10 Å². The molecule has 0 atom stereocenters. The van der Waals surface area contributed by atoms with Crippen molar-refractivity contribution in [3.63, 3.8) is 0 Å². The Labute approximate surface area is 141 Å². The number of hydrogen-bond acceptors (Lipinski definition) is 5. The molecule has 0 fully saturated rings. The Balaban J connectivity index is 1.99. The molecule has 2 aromatic carbocycles. The lowest BCUT2D eigenvalue weighted by molar-refractivity contribution is -0.384. The Kier molecular flexibility index (Phi) is 6.76. The summed E-state index contributed by atoms with van der Waals surface area (Å²) in [7, 11) is 0. The van der Waals surface area contributed by atoms with E-state index in [0.29, 0.717) is 12.3 Å². The molecule has 24 heavy (non-hydrogen) atoms. The normalized spacial score (nSPS) is 10.7. The molecule has 0 saturated heterocycles. The van der Waals surface area contributed by atoms with Crippen LogP contribution >= 0.6 is 0 Å². The standard InChI is InChI=1S/C18H21N3O3/c1-2-3-6-12-24-18-11-5-4-8-15(18)14-19-20-16-9-7-10-17(13-16)21(22)23/h4-5,7-11,13-14,20H,2-3,6,12H2,1H3. The number of unbranched alkanes of at least 4 members (excludes halogenated alkanes) is 2. The average molecular weight is 327 g/mol. The van der Waals surface area contributed by atoms with Gasteiger partial charge in [0.1, 0.15) is 5.75 Å². The number of hydrogen-bond donors (Lipinski definition) is 1. The lowest BCUT2D eigenvalue weighted by Gasteiger charge is -2.08. The molecule has 0 bridgehead atoms. The van der Waals surface area contributed by atoms with E-state index in [-0.39, 0.29) is 5.69 Å². The molecule has 6 nitrogen and oxygen atoms in total. The molecule has 0 aliphatic rings. The average Bonchev–Trinajstić information content (AvgIpc) is 2.60. The van der Waals surface area contributed by atoms with Crippen LogP contribution in [-0.4, -0.2) is 17.7 Å². The van der Waals surface area contributed by atoms with Crippen LogP contribution < -0.4 is 10.2 Å². The van der Waals surface area contributed by atoms with Crippen LogP contribution in [0.5, 0.6) is 5.75 Å². The van der Waals surface area contributed by atoms with Crippen LogP contribution in [-0.2, 0) is 0 Å². The Morgan fingerprint density at radius 3 is 2.83 bits per heavy atom. The van der Waals surface area contributed by atoms with Gasteiger partial charge in [-0.25, -0.2) is 0 Å². The minimum absolute atomic E-state index is 0.0230. The SMILES string of the molecule is CCCCCOc1ccccc1C=NNc1cccc([N+](=O)[O-])c1. The van der Waals surface area contributed by atoms with E-state index in [9.17, 15) is 10.1 Å². The van der Waals surface area contributed by atoms with Crippen LogP contribution in [0.3, 0.4) is 0 Å². The third kappa shape index (κ3) is 5.39. The zero-order chi connectivity index (χ0) is 17.2. The summed E-state index contributed by atoms with van der Waals surface area (Å²) in [6, 6.07) is 13.8. The first kappa shape index (κ1) is 17.5. The molecule has 0 unspecified atom stereocenters. The Bertz CT molecular complexity index is 701. The number of para-hydroxylation sites is 1. The van der Waals surface area contributed by atoms with Crippen molar-refractivity contribution in [1.82, 2.24) is 0 Å². The highest BCUT2D eigenvalue weighted by Gasteiger charge is 2.05. The lowest BCUT2D eigenvalue weighted by atomic mass is 10.2. The van der Waals surface area contributed by atoms with Crippen molar-refractivity contribution in [1.29, 1.82) is 0 Å². The second-order valence-electron chi connectivity index (χ2n) is 5.27. The van der Waals surface area contributed by atoms with Crippen molar-refractivity contribution in [3.05, 3.63) is 64.2 Å². The van der Waals surface area contributed by atoms with Gasteiger partial charge >= 0.3 is 0 Å². The molecule has 2 aromatic rings. The van der Waals surface area contributed by atoms with Gasteiger partial charge in [0.25, 0.3) is 5.69 Å². The molecular weight excluding hydrogens is 306 g/mol. The molecule has 0 heterocycles. The van der Waals surface area contributed by atoms with Gasteiger partial charge in [0.2, 0.25) is 0 Å². The molecule has 0 saturated carbocycles. The zero-order valence-electron chi connectivity index (χ0n) is 13.6. The number of nitro benzene ring substituents is 1. The fraction of sp³-hybridized carbons (Fsp3) is 0.278. The summed E-state index contributed by atoms with van der Waals surface area (Å²) in [4.78, 5) is 10.3. The summed E-state index contributed by atoms with van der Waals surface area (Å²) in [6.45, 7) is 2.83. The van der Waals surface area contributed by atoms with Crippen LogP contribution in [0.1, 0.15) is 31.7 Å². The van der Waals surface area contributed by atoms with E-state index in [1.807, 2.05) is 24.3 Å². The van der Waals surface area contributed by atoms with E-state index in [0.717, 1.165) is 30.6 Å². The Morgan fingerprint density at radius 1 is 1.21 bits per heavy atom. The van der Waals surface area contributed by atoms with Crippen molar-refractivity contribution in [2.45, 2.75) is 26.2 Å². The Morgan fingerprint density at radius 2 is 2.04 bits per heavy atom. The van der Waals surface area contributed by atoms with Crippen LogP contribution in [0.4, 0.5) is 11.4 Å². The van der Waals surface area contributed by atoms with Crippen LogP contribution in [0.15, 0.2) is 53.6 Å². The van der Waals surface area contributed by atoms with Crippen molar-refractivity contribution >= 4 is 17.6 Å². The second-order valence-corrected chi connectivity index (χ2v) is 5.27. The van der Waals surface area contributed by atoms with E-state index >= 15 is 0 Å². The molecule has 126 valence electrons. The van der Waals surface area contributed by atoms with Crippen molar-refractivity contribution < 1.29 is 9.66 Å². The second kappa shape index (κ2) is 9.29. The summed E-state index contributed by atoms with van der Waals surface area (Å²) in [6.07, 6.45) is 4.96. The number of hydrazone groups is 1. The third-order valence-electron chi connectivity index (χ3n) is 3.38.